The van der Waals surface area contributed by atoms with Crippen molar-refractivity contribution >= 4 is 18.3 Å². The number of amides is 1. The van der Waals surface area contributed by atoms with Crippen LogP contribution in [0.4, 0.5) is 0 Å². The van der Waals surface area contributed by atoms with Gasteiger partial charge in [0.15, 0.2) is 0 Å². The van der Waals surface area contributed by atoms with Gasteiger partial charge in [0.1, 0.15) is 0 Å². The Morgan fingerprint density at radius 2 is 2.05 bits per heavy atom. The standard InChI is InChI=1S/C17H26N2O.ClH/c1-13-6-5-7-14(10-13)12-19-17(20)16(11-18)15-8-3-2-4-9-15;/h2-4,8-9,13-14,16H,5-7,10-12,18H2,1H3,(H,19,20);1H. The van der Waals surface area contributed by atoms with Gasteiger partial charge in [-0.2, -0.15) is 0 Å². The molecule has 3 N–H and O–H groups in total. The van der Waals surface area contributed by atoms with Crippen LogP contribution >= 0.6 is 12.4 Å². The number of halogens is 1. The highest BCUT2D eigenvalue weighted by Gasteiger charge is 2.22. The van der Waals surface area contributed by atoms with Crippen LogP contribution in [0.15, 0.2) is 30.3 Å². The zero-order valence-electron chi connectivity index (χ0n) is 12.8. The molecule has 3 unspecified atom stereocenters. The third kappa shape index (κ3) is 5.33. The molecule has 1 fully saturated rings. The number of carbonyl (C=O) groups is 1. The van der Waals surface area contributed by atoms with Crippen LogP contribution in [0.5, 0.6) is 0 Å². The predicted molar refractivity (Wildman–Crippen MR) is 89.6 cm³/mol. The monoisotopic (exact) mass is 310 g/mol. The Labute approximate surface area is 134 Å². The van der Waals surface area contributed by atoms with Gasteiger partial charge in [-0.15, -0.1) is 12.4 Å². The average molecular weight is 311 g/mol. The normalized spacial score (nSPS) is 23.0. The lowest BCUT2D eigenvalue weighted by molar-refractivity contribution is -0.122. The Morgan fingerprint density at radius 3 is 2.67 bits per heavy atom. The van der Waals surface area contributed by atoms with Gasteiger partial charge < -0.3 is 11.1 Å². The number of benzene rings is 1. The molecule has 21 heavy (non-hydrogen) atoms. The van der Waals surface area contributed by atoms with Crippen molar-refractivity contribution in [3.8, 4) is 0 Å². The van der Waals surface area contributed by atoms with E-state index in [-0.39, 0.29) is 24.2 Å². The Bertz CT molecular complexity index is 424. The molecule has 1 amide bonds. The molecule has 0 radical (unpaired) electrons. The van der Waals surface area contributed by atoms with E-state index in [0.717, 1.165) is 18.0 Å². The Balaban J connectivity index is 0.00000220. The van der Waals surface area contributed by atoms with E-state index in [2.05, 4.69) is 12.2 Å². The molecule has 4 heteroatoms. The topological polar surface area (TPSA) is 55.1 Å². The van der Waals surface area contributed by atoms with Crippen molar-refractivity contribution < 1.29 is 4.79 Å². The zero-order valence-corrected chi connectivity index (χ0v) is 13.6. The summed E-state index contributed by atoms with van der Waals surface area (Å²) < 4.78 is 0. The molecule has 1 aromatic rings. The molecule has 0 spiro atoms. The van der Waals surface area contributed by atoms with Crippen LogP contribution in [-0.2, 0) is 4.79 Å². The van der Waals surface area contributed by atoms with Crippen molar-refractivity contribution in [2.45, 2.75) is 38.5 Å². The second kappa shape index (κ2) is 9.06. The first-order chi connectivity index (χ1) is 9.70. The van der Waals surface area contributed by atoms with Crippen LogP contribution in [-0.4, -0.2) is 19.0 Å². The fourth-order valence-corrected chi connectivity index (χ4v) is 3.19. The third-order valence-corrected chi connectivity index (χ3v) is 4.36. The maximum absolute atomic E-state index is 12.3. The van der Waals surface area contributed by atoms with E-state index in [1.165, 1.54) is 25.7 Å². The van der Waals surface area contributed by atoms with Gasteiger partial charge in [-0.3, -0.25) is 4.79 Å². The summed E-state index contributed by atoms with van der Waals surface area (Å²) in [6, 6.07) is 9.81. The fraction of sp³-hybridized carbons (Fsp3) is 0.588. The van der Waals surface area contributed by atoms with Gasteiger partial charge in [0.2, 0.25) is 5.91 Å². The van der Waals surface area contributed by atoms with Gasteiger partial charge in [0.05, 0.1) is 5.92 Å². The number of hydrogen-bond donors (Lipinski definition) is 2. The van der Waals surface area contributed by atoms with Gasteiger partial charge in [-0.1, -0.05) is 50.1 Å². The molecule has 118 valence electrons. The molecular formula is C17H27ClN2O. The van der Waals surface area contributed by atoms with Crippen LogP contribution in [0.2, 0.25) is 0 Å². The molecule has 0 aromatic heterocycles. The lowest BCUT2D eigenvalue weighted by atomic mass is 9.82. The summed E-state index contributed by atoms with van der Waals surface area (Å²) in [6.07, 6.45) is 5.10. The third-order valence-electron chi connectivity index (χ3n) is 4.36. The van der Waals surface area contributed by atoms with Crippen LogP contribution in [0.1, 0.15) is 44.1 Å². The number of hydrogen-bond acceptors (Lipinski definition) is 2. The van der Waals surface area contributed by atoms with Crippen LogP contribution in [0.25, 0.3) is 0 Å². The van der Waals surface area contributed by atoms with Gasteiger partial charge >= 0.3 is 0 Å². The average Bonchev–Trinajstić information content (AvgIpc) is 2.47. The minimum Gasteiger partial charge on any atom is -0.355 e. The van der Waals surface area contributed by atoms with Crippen molar-refractivity contribution in [3.63, 3.8) is 0 Å². The SMILES string of the molecule is CC1CCCC(CNC(=O)C(CN)c2ccccc2)C1.Cl. The highest BCUT2D eigenvalue weighted by molar-refractivity contribution is 5.85. The summed E-state index contributed by atoms with van der Waals surface area (Å²) in [7, 11) is 0. The molecular weight excluding hydrogens is 284 g/mol. The molecule has 1 aromatic carbocycles. The molecule has 0 saturated heterocycles. The molecule has 0 bridgehead atoms. The number of nitrogens with one attached hydrogen (secondary N) is 1. The first-order valence-electron chi connectivity index (χ1n) is 7.73. The van der Waals surface area contributed by atoms with E-state index >= 15 is 0 Å². The van der Waals surface area contributed by atoms with E-state index in [1.807, 2.05) is 30.3 Å². The van der Waals surface area contributed by atoms with Crippen LogP contribution in [0.3, 0.4) is 0 Å². The van der Waals surface area contributed by atoms with Crippen molar-refractivity contribution in [2.24, 2.45) is 17.6 Å². The lowest BCUT2D eigenvalue weighted by Crippen LogP contribution is -2.37. The minimum atomic E-state index is -0.225. The van der Waals surface area contributed by atoms with E-state index in [4.69, 9.17) is 5.73 Å². The van der Waals surface area contributed by atoms with Crippen molar-refractivity contribution in [1.29, 1.82) is 0 Å². The quantitative estimate of drug-likeness (QED) is 0.878. The second-order valence-electron chi connectivity index (χ2n) is 6.08. The molecule has 3 nitrogen and oxygen atoms in total. The van der Waals surface area contributed by atoms with Crippen LogP contribution < -0.4 is 11.1 Å². The summed E-state index contributed by atoms with van der Waals surface area (Å²) in [5, 5.41) is 3.10. The highest BCUT2D eigenvalue weighted by atomic mass is 35.5. The number of carbonyl (C=O) groups excluding carboxylic acids is 1. The molecule has 1 saturated carbocycles. The predicted octanol–water partition coefficient (Wildman–Crippen LogP) is 3.09. The van der Waals surface area contributed by atoms with Crippen molar-refractivity contribution in [1.82, 2.24) is 5.32 Å². The Morgan fingerprint density at radius 1 is 1.33 bits per heavy atom. The second-order valence-corrected chi connectivity index (χ2v) is 6.08. The summed E-state index contributed by atoms with van der Waals surface area (Å²) in [5.74, 6) is 1.27. The van der Waals surface area contributed by atoms with Gasteiger partial charge in [0, 0.05) is 13.1 Å². The van der Waals surface area contributed by atoms with Gasteiger partial charge in [-0.05, 0) is 30.2 Å². The number of nitrogens with two attached hydrogens (primary N) is 1. The summed E-state index contributed by atoms with van der Waals surface area (Å²) in [6.45, 7) is 3.46. The first kappa shape index (κ1) is 18.0. The van der Waals surface area contributed by atoms with Crippen molar-refractivity contribution in [3.05, 3.63) is 35.9 Å². The smallest absolute Gasteiger partial charge is 0.228 e. The molecule has 1 aliphatic carbocycles. The van der Waals surface area contributed by atoms with E-state index in [9.17, 15) is 4.79 Å². The van der Waals surface area contributed by atoms with Crippen LogP contribution in [0, 0.1) is 11.8 Å². The first-order valence-corrected chi connectivity index (χ1v) is 7.73. The lowest BCUT2D eigenvalue weighted by Gasteiger charge is -2.27. The fourth-order valence-electron chi connectivity index (χ4n) is 3.19. The summed E-state index contributed by atoms with van der Waals surface area (Å²) >= 11 is 0. The zero-order chi connectivity index (χ0) is 14.4. The van der Waals surface area contributed by atoms with E-state index in [1.54, 1.807) is 0 Å². The number of rotatable bonds is 5. The van der Waals surface area contributed by atoms with Gasteiger partial charge in [0.25, 0.3) is 0 Å². The van der Waals surface area contributed by atoms with E-state index < -0.39 is 0 Å². The Kier molecular flexibility index (Phi) is 7.76. The molecule has 2 rings (SSSR count). The molecule has 0 heterocycles. The van der Waals surface area contributed by atoms with Crippen molar-refractivity contribution in [2.75, 3.05) is 13.1 Å². The highest BCUT2D eigenvalue weighted by Crippen LogP contribution is 2.28. The summed E-state index contributed by atoms with van der Waals surface area (Å²) in [4.78, 5) is 12.3. The molecule has 1 aliphatic rings. The van der Waals surface area contributed by atoms with Gasteiger partial charge in [-0.25, -0.2) is 0 Å². The molecule has 0 aliphatic heterocycles. The maximum atomic E-state index is 12.3. The van der Waals surface area contributed by atoms with E-state index in [0.29, 0.717) is 12.5 Å². The maximum Gasteiger partial charge on any atom is 0.228 e. The largest absolute Gasteiger partial charge is 0.355 e. The Hall–Kier alpha value is -1.06. The summed E-state index contributed by atoms with van der Waals surface area (Å²) in [5.41, 5.74) is 6.78. The minimum absolute atomic E-state index is 0. The molecule has 3 atom stereocenters.